The largest absolute Gasteiger partial charge is 0.372 e. The molecule has 0 atom stereocenters. The lowest BCUT2D eigenvalue weighted by Gasteiger charge is -2.00. The lowest BCUT2D eigenvalue weighted by Crippen LogP contribution is -2.11. The predicted molar refractivity (Wildman–Crippen MR) is 80.6 cm³/mol. The first-order valence-electron chi connectivity index (χ1n) is 5.68. The average molecular weight is 349 g/mol. The fourth-order valence-corrected chi connectivity index (χ4v) is 4.63. The highest BCUT2D eigenvalue weighted by Gasteiger charge is 2.26. The van der Waals surface area contributed by atoms with E-state index in [0.29, 0.717) is 11.6 Å². The van der Waals surface area contributed by atoms with Gasteiger partial charge in [-0.2, -0.15) is 0 Å². The quantitative estimate of drug-likeness (QED) is 0.603. The Balaban J connectivity index is 2.35. The Morgan fingerprint density at radius 3 is 2.62 bits per heavy atom. The lowest BCUT2D eigenvalue weighted by atomic mass is 10.5. The standard InChI is InChI=1S/C9H11N5O4S3/c1-3-10-8-6(14(15)16)4-7(20-8)21(17,18)13-9-12-11-5(2)19-9/h4,10H,3H2,1-2H3,(H,12,13). The Kier molecular flexibility index (Phi) is 4.39. The number of anilines is 2. The van der Waals surface area contributed by atoms with E-state index in [2.05, 4.69) is 20.2 Å². The summed E-state index contributed by atoms with van der Waals surface area (Å²) in [6.07, 6.45) is 0. The van der Waals surface area contributed by atoms with Gasteiger partial charge in [-0.15, -0.1) is 10.2 Å². The maximum Gasteiger partial charge on any atom is 0.304 e. The Bertz CT molecular complexity index is 766. The Labute approximate surface area is 128 Å². The third-order valence-electron chi connectivity index (χ3n) is 2.24. The minimum Gasteiger partial charge on any atom is -0.372 e. The molecule has 0 unspecified atom stereocenters. The van der Waals surface area contributed by atoms with Gasteiger partial charge in [-0.1, -0.05) is 22.7 Å². The van der Waals surface area contributed by atoms with E-state index < -0.39 is 14.9 Å². The van der Waals surface area contributed by atoms with Crippen molar-refractivity contribution in [2.45, 2.75) is 18.1 Å². The van der Waals surface area contributed by atoms with E-state index in [1.165, 1.54) is 0 Å². The van der Waals surface area contributed by atoms with Crippen molar-refractivity contribution >= 4 is 48.5 Å². The van der Waals surface area contributed by atoms with Crippen LogP contribution in [0.1, 0.15) is 11.9 Å². The Morgan fingerprint density at radius 1 is 1.38 bits per heavy atom. The molecule has 0 fully saturated rings. The Hall–Kier alpha value is -1.79. The summed E-state index contributed by atoms with van der Waals surface area (Å²) in [6.45, 7) is 3.90. The summed E-state index contributed by atoms with van der Waals surface area (Å²) in [7, 11) is -3.92. The fourth-order valence-electron chi connectivity index (χ4n) is 1.42. The minimum atomic E-state index is -3.92. The van der Waals surface area contributed by atoms with Gasteiger partial charge in [0.15, 0.2) is 5.00 Å². The van der Waals surface area contributed by atoms with E-state index in [9.17, 15) is 18.5 Å². The highest BCUT2D eigenvalue weighted by molar-refractivity contribution is 7.95. The van der Waals surface area contributed by atoms with Gasteiger partial charge in [0.2, 0.25) is 5.13 Å². The highest BCUT2D eigenvalue weighted by atomic mass is 32.2. The second kappa shape index (κ2) is 5.91. The number of nitrogens with one attached hydrogen (secondary N) is 2. The molecule has 0 aliphatic rings. The molecule has 0 aliphatic heterocycles. The number of rotatable bonds is 6. The number of hydrogen-bond donors (Lipinski definition) is 2. The van der Waals surface area contributed by atoms with Crippen LogP contribution in [0.25, 0.3) is 0 Å². The van der Waals surface area contributed by atoms with Gasteiger partial charge in [-0.25, -0.2) is 8.42 Å². The van der Waals surface area contributed by atoms with Gasteiger partial charge in [-0.3, -0.25) is 14.8 Å². The molecule has 12 heteroatoms. The maximum absolute atomic E-state index is 12.2. The van der Waals surface area contributed by atoms with E-state index in [1.54, 1.807) is 13.8 Å². The summed E-state index contributed by atoms with van der Waals surface area (Å²) in [4.78, 5) is 10.3. The van der Waals surface area contributed by atoms with Crippen LogP contribution >= 0.6 is 22.7 Å². The smallest absolute Gasteiger partial charge is 0.304 e. The molecule has 2 aromatic rings. The monoisotopic (exact) mass is 349 g/mol. The topological polar surface area (TPSA) is 127 Å². The number of hydrogen-bond acceptors (Lipinski definition) is 9. The first-order chi connectivity index (χ1) is 9.83. The van der Waals surface area contributed by atoms with Gasteiger partial charge in [-0.05, 0) is 13.8 Å². The zero-order chi connectivity index (χ0) is 15.6. The van der Waals surface area contributed by atoms with Crippen LogP contribution in [0.2, 0.25) is 0 Å². The number of sulfonamides is 1. The molecule has 0 saturated heterocycles. The first kappa shape index (κ1) is 15.6. The second-order valence-corrected chi connectivity index (χ2v) is 7.94. The second-order valence-electron chi connectivity index (χ2n) is 3.80. The maximum atomic E-state index is 12.2. The van der Waals surface area contributed by atoms with Crippen LogP contribution in [0, 0.1) is 17.0 Å². The molecule has 0 aromatic carbocycles. The average Bonchev–Trinajstić information content (AvgIpc) is 2.96. The van der Waals surface area contributed by atoms with E-state index >= 15 is 0 Å². The molecular weight excluding hydrogens is 338 g/mol. The predicted octanol–water partition coefficient (Wildman–Crippen LogP) is 2.05. The van der Waals surface area contributed by atoms with Gasteiger partial charge < -0.3 is 5.32 Å². The molecule has 2 rings (SSSR count). The molecule has 2 aromatic heterocycles. The summed E-state index contributed by atoms with van der Waals surface area (Å²) in [5.41, 5.74) is -0.268. The number of thiophene rings is 1. The van der Waals surface area contributed by atoms with Crippen molar-refractivity contribution < 1.29 is 13.3 Å². The zero-order valence-electron chi connectivity index (χ0n) is 11.0. The summed E-state index contributed by atoms with van der Waals surface area (Å²) >= 11 is 1.88. The molecule has 9 nitrogen and oxygen atoms in total. The van der Waals surface area contributed by atoms with E-state index in [-0.39, 0.29) is 20.0 Å². The van der Waals surface area contributed by atoms with Gasteiger partial charge >= 0.3 is 5.69 Å². The lowest BCUT2D eigenvalue weighted by molar-refractivity contribution is -0.383. The number of aromatic nitrogens is 2. The first-order valence-corrected chi connectivity index (χ1v) is 8.80. The number of aryl methyl sites for hydroxylation is 1. The van der Waals surface area contributed by atoms with Gasteiger partial charge in [0.1, 0.15) is 9.22 Å². The molecule has 0 radical (unpaired) electrons. The summed E-state index contributed by atoms with van der Waals surface area (Å²) in [5, 5.41) is 22.0. The van der Waals surface area contributed by atoms with Crippen LogP contribution in [0.5, 0.6) is 0 Å². The van der Waals surface area contributed by atoms with Crippen LogP contribution in [-0.4, -0.2) is 30.1 Å². The third kappa shape index (κ3) is 3.46. The van der Waals surface area contributed by atoms with Crippen molar-refractivity contribution in [3.8, 4) is 0 Å². The van der Waals surface area contributed by atoms with Crippen LogP contribution in [0.4, 0.5) is 15.8 Å². The van der Waals surface area contributed by atoms with Gasteiger partial charge in [0.25, 0.3) is 10.0 Å². The molecule has 21 heavy (non-hydrogen) atoms. The SMILES string of the molecule is CCNc1sc(S(=O)(=O)Nc2nnc(C)s2)cc1[N+](=O)[O-]. The van der Waals surface area contributed by atoms with Crippen molar-refractivity contribution in [3.63, 3.8) is 0 Å². The molecule has 2 heterocycles. The third-order valence-corrected chi connectivity index (χ3v) is 6.01. The molecular formula is C9H11N5O4S3. The van der Waals surface area contributed by atoms with Crippen molar-refractivity contribution in [3.05, 3.63) is 21.2 Å². The Morgan fingerprint density at radius 2 is 2.10 bits per heavy atom. The highest BCUT2D eigenvalue weighted by Crippen LogP contribution is 2.37. The normalized spacial score (nSPS) is 11.3. The van der Waals surface area contributed by atoms with Gasteiger partial charge in [0, 0.05) is 12.6 Å². The summed E-state index contributed by atoms with van der Waals surface area (Å²) in [6, 6.07) is 1.03. The molecule has 0 amide bonds. The van der Waals surface area contributed by atoms with E-state index in [4.69, 9.17) is 0 Å². The number of nitro groups is 1. The van der Waals surface area contributed by atoms with Crippen LogP contribution in [-0.2, 0) is 10.0 Å². The zero-order valence-corrected chi connectivity index (χ0v) is 13.4. The van der Waals surface area contributed by atoms with Crippen molar-refractivity contribution in [2.24, 2.45) is 0 Å². The molecule has 0 spiro atoms. The molecule has 0 aliphatic carbocycles. The van der Waals surface area contributed by atoms with Crippen molar-refractivity contribution in [2.75, 3.05) is 16.6 Å². The van der Waals surface area contributed by atoms with E-state index in [0.717, 1.165) is 28.7 Å². The molecule has 114 valence electrons. The molecule has 2 N–H and O–H groups in total. The van der Waals surface area contributed by atoms with Gasteiger partial charge in [0.05, 0.1) is 4.92 Å². The molecule has 0 bridgehead atoms. The molecule has 0 saturated carbocycles. The van der Waals surface area contributed by atoms with Crippen LogP contribution < -0.4 is 10.0 Å². The fraction of sp³-hybridized carbons (Fsp3) is 0.333. The summed E-state index contributed by atoms with van der Waals surface area (Å²) in [5.74, 6) is 0. The van der Waals surface area contributed by atoms with Crippen molar-refractivity contribution in [1.29, 1.82) is 0 Å². The van der Waals surface area contributed by atoms with Crippen LogP contribution in [0.3, 0.4) is 0 Å². The number of nitrogens with zero attached hydrogens (tertiary/aromatic N) is 3. The summed E-state index contributed by atoms with van der Waals surface area (Å²) < 4.78 is 26.5. The minimum absolute atomic E-state index is 0.119. The van der Waals surface area contributed by atoms with Crippen molar-refractivity contribution in [1.82, 2.24) is 10.2 Å². The van der Waals surface area contributed by atoms with E-state index in [1.807, 2.05) is 0 Å². The van der Waals surface area contributed by atoms with Crippen LogP contribution in [0.15, 0.2) is 10.3 Å².